The highest BCUT2D eigenvalue weighted by Gasteiger charge is 2.19. The van der Waals surface area contributed by atoms with E-state index in [2.05, 4.69) is 45.1 Å². The summed E-state index contributed by atoms with van der Waals surface area (Å²) in [4.78, 5) is 37.2. The van der Waals surface area contributed by atoms with Gasteiger partial charge in [-0.25, -0.2) is 0 Å². The predicted octanol–water partition coefficient (Wildman–Crippen LogP) is 16.0. The zero-order valence-corrected chi connectivity index (χ0v) is 38.1. The van der Waals surface area contributed by atoms with Crippen LogP contribution in [0, 0.1) is 0 Å². The van der Waals surface area contributed by atoms with Crippen LogP contribution in [0.1, 0.15) is 265 Å². The largest absolute Gasteiger partial charge is 0.462 e. The van der Waals surface area contributed by atoms with E-state index in [0.29, 0.717) is 19.3 Å². The number of hydrogen-bond acceptors (Lipinski definition) is 6. The predicted molar refractivity (Wildman–Crippen MR) is 243 cm³/mol. The van der Waals surface area contributed by atoms with Crippen molar-refractivity contribution in [2.24, 2.45) is 0 Å². The van der Waals surface area contributed by atoms with E-state index >= 15 is 0 Å². The second kappa shape index (κ2) is 46.6. The molecule has 1 atom stereocenters. The number of esters is 3. The van der Waals surface area contributed by atoms with Crippen molar-refractivity contribution >= 4 is 17.9 Å². The molecule has 0 saturated heterocycles. The highest BCUT2D eigenvalue weighted by molar-refractivity contribution is 5.71. The lowest BCUT2D eigenvalue weighted by Gasteiger charge is -2.18. The Morgan fingerprint density at radius 2 is 0.632 bits per heavy atom. The Labute approximate surface area is 353 Å². The Kier molecular flexibility index (Phi) is 44.9. The van der Waals surface area contributed by atoms with Gasteiger partial charge in [0.25, 0.3) is 0 Å². The van der Waals surface area contributed by atoms with Crippen LogP contribution >= 0.6 is 0 Å². The highest BCUT2D eigenvalue weighted by Crippen LogP contribution is 2.16. The molecule has 0 bridgehead atoms. The molecule has 0 rings (SSSR count). The Balaban J connectivity index is 3.77. The summed E-state index contributed by atoms with van der Waals surface area (Å²) < 4.78 is 16.5. The van der Waals surface area contributed by atoms with Gasteiger partial charge in [-0.05, 0) is 51.4 Å². The van der Waals surface area contributed by atoms with Crippen LogP contribution in [0.5, 0.6) is 0 Å². The molecule has 1 unspecified atom stereocenters. The van der Waals surface area contributed by atoms with Gasteiger partial charge in [-0.15, -0.1) is 0 Å². The maximum atomic E-state index is 12.5. The van der Waals surface area contributed by atoms with Gasteiger partial charge in [-0.2, -0.15) is 0 Å². The molecule has 6 nitrogen and oxygen atoms in total. The quantitative estimate of drug-likeness (QED) is 0.0264. The van der Waals surface area contributed by atoms with Crippen LogP contribution in [0.15, 0.2) is 24.3 Å². The summed E-state index contributed by atoms with van der Waals surface area (Å²) in [7, 11) is 0. The molecule has 0 aromatic rings. The van der Waals surface area contributed by atoms with Gasteiger partial charge in [0.15, 0.2) is 6.10 Å². The first-order valence-corrected chi connectivity index (χ1v) is 24.8. The number of rotatable bonds is 45. The molecule has 0 aromatic carbocycles. The summed E-state index contributed by atoms with van der Waals surface area (Å²) in [5, 5.41) is 0. The molecule has 0 radical (unpaired) electrons. The number of ether oxygens (including phenoxy) is 3. The third-order valence-electron chi connectivity index (χ3n) is 11.0. The molecular formula is C51H94O6. The molecule has 0 amide bonds. The average Bonchev–Trinajstić information content (AvgIpc) is 3.21. The number of unbranched alkanes of at least 4 members (excludes halogenated alkanes) is 30. The molecule has 57 heavy (non-hydrogen) atoms. The van der Waals surface area contributed by atoms with Gasteiger partial charge >= 0.3 is 17.9 Å². The third kappa shape index (κ3) is 44.8. The molecular weight excluding hydrogens is 709 g/mol. The Morgan fingerprint density at radius 3 is 0.965 bits per heavy atom. The molecule has 334 valence electrons. The first-order valence-electron chi connectivity index (χ1n) is 24.8. The SMILES string of the molecule is CCCCCCC/C=C\C/C=C\CCCCCCCCCCCCCCCCCCCC(=O)OCC(COC(=O)CCCCCCC)OC(=O)CCCCCCC. The van der Waals surface area contributed by atoms with Crippen LogP contribution in [-0.4, -0.2) is 37.2 Å². The molecule has 0 aliphatic rings. The van der Waals surface area contributed by atoms with Gasteiger partial charge in [0, 0.05) is 19.3 Å². The number of hydrogen-bond donors (Lipinski definition) is 0. The lowest BCUT2D eigenvalue weighted by molar-refractivity contribution is -0.167. The summed E-state index contributed by atoms with van der Waals surface area (Å²) >= 11 is 0. The molecule has 0 heterocycles. The first-order chi connectivity index (χ1) is 28.0. The van der Waals surface area contributed by atoms with Gasteiger partial charge in [-0.1, -0.05) is 218 Å². The van der Waals surface area contributed by atoms with E-state index in [1.165, 1.54) is 148 Å². The van der Waals surface area contributed by atoms with Crippen molar-refractivity contribution in [2.45, 2.75) is 271 Å². The smallest absolute Gasteiger partial charge is 0.306 e. The van der Waals surface area contributed by atoms with Crippen molar-refractivity contribution in [3.63, 3.8) is 0 Å². The van der Waals surface area contributed by atoms with E-state index in [-0.39, 0.29) is 31.1 Å². The van der Waals surface area contributed by atoms with Crippen molar-refractivity contribution in [1.82, 2.24) is 0 Å². The molecule has 0 saturated carbocycles. The monoisotopic (exact) mass is 803 g/mol. The fourth-order valence-electron chi connectivity index (χ4n) is 7.18. The Hall–Kier alpha value is -2.11. The standard InChI is InChI=1S/C51H94O6/c1-4-7-10-13-14-15-16-17-18-19-20-21-22-23-24-25-26-27-28-29-30-31-32-33-34-35-36-39-41-44-50(53)56-47-48(57-51(54)45-42-38-12-9-6-3)46-55-49(52)43-40-37-11-8-5-2/h16-17,19-20,48H,4-15,18,21-47H2,1-3H3/b17-16-,20-19-. The van der Waals surface area contributed by atoms with Crippen LogP contribution in [0.2, 0.25) is 0 Å². The minimum absolute atomic E-state index is 0.0690. The number of carbonyl (C=O) groups excluding carboxylic acids is 3. The van der Waals surface area contributed by atoms with E-state index in [0.717, 1.165) is 77.0 Å². The third-order valence-corrected chi connectivity index (χ3v) is 11.0. The molecule has 0 fully saturated rings. The van der Waals surface area contributed by atoms with Crippen molar-refractivity contribution < 1.29 is 28.6 Å². The topological polar surface area (TPSA) is 78.9 Å². The lowest BCUT2D eigenvalue weighted by atomic mass is 10.0. The van der Waals surface area contributed by atoms with E-state index in [9.17, 15) is 14.4 Å². The van der Waals surface area contributed by atoms with Crippen LogP contribution in [0.25, 0.3) is 0 Å². The van der Waals surface area contributed by atoms with Crippen LogP contribution in [0.4, 0.5) is 0 Å². The minimum atomic E-state index is -0.758. The number of carbonyl (C=O) groups is 3. The summed E-state index contributed by atoms with van der Waals surface area (Å²) in [5.41, 5.74) is 0. The highest BCUT2D eigenvalue weighted by atomic mass is 16.6. The van der Waals surface area contributed by atoms with Gasteiger partial charge in [0.2, 0.25) is 0 Å². The maximum Gasteiger partial charge on any atom is 0.306 e. The minimum Gasteiger partial charge on any atom is -0.462 e. The number of allylic oxidation sites excluding steroid dienone is 4. The lowest BCUT2D eigenvalue weighted by Crippen LogP contribution is -2.30. The van der Waals surface area contributed by atoms with Crippen molar-refractivity contribution in [3.8, 4) is 0 Å². The molecule has 0 N–H and O–H groups in total. The van der Waals surface area contributed by atoms with Crippen molar-refractivity contribution in [1.29, 1.82) is 0 Å². The zero-order chi connectivity index (χ0) is 41.5. The van der Waals surface area contributed by atoms with E-state index in [1.54, 1.807) is 0 Å². The van der Waals surface area contributed by atoms with E-state index in [4.69, 9.17) is 14.2 Å². The van der Waals surface area contributed by atoms with Gasteiger partial charge in [0.1, 0.15) is 13.2 Å². The average molecular weight is 803 g/mol. The molecule has 0 aliphatic carbocycles. The van der Waals surface area contributed by atoms with Gasteiger partial charge < -0.3 is 14.2 Å². The summed E-state index contributed by atoms with van der Waals surface area (Å²) in [5.74, 6) is -0.892. The molecule has 6 heteroatoms. The first kappa shape index (κ1) is 54.9. The summed E-state index contributed by atoms with van der Waals surface area (Å²) in [6.07, 6.45) is 52.6. The van der Waals surface area contributed by atoms with Crippen LogP contribution in [-0.2, 0) is 28.6 Å². The van der Waals surface area contributed by atoms with E-state index in [1.807, 2.05) is 0 Å². The van der Waals surface area contributed by atoms with Gasteiger partial charge in [0.05, 0.1) is 0 Å². The van der Waals surface area contributed by atoms with Crippen molar-refractivity contribution in [2.75, 3.05) is 13.2 Å². The fraction of sp³-hybridized carbons (Fsp3) is 0.863. The normalized spacial score (nSPS) is 12.1. The maximum absolute atomic E-state index is 12.5. The van der Waals surface area contributed by atoms with E-state index < -0.39 is 6.10 Å². The fourth-order valence-corrected chi connectivity index (χ4v) is 7.18. The molecule has 0 aliphatic heterocycles. The molecule has 0 aromatic heterocycles. The second-order valence-electron chi connectivity index (χ2n) is 16.7. The second-order valence-corrected chi connectivity index (χ2v) is 16.7. The van der Waals surface area contributed by atoms with Crippen molar-refractivity contribution in [3.05, 3.63) is 24.3 Å². The Bertz CT molecular complexity index is 927. The van der Waals surface area contributed by atoms with Crippen LogP contribution < -0.4 is 0 Å². The summed E-state index contributed by atoms with van der Waals surface area (Å²) in [6.45, 7) is 6.46. The Morgan fingerprint density at radius 1 is 0.351 bits per heavy atom. The van der Waals surface area contributed by atoms with Crippen LogP contribution in [0.3, 0.4) is 0 Å². The zero-order valence-electron chi connectivity index (χ0n) is 38.1. The molecule has 0 spiro atoms. The summed E-state index contributed by atoms with van der Waals surface area (Å²) in [6, 6.07) is 0. The van der Waals surface area contributed by atoms with Gasteiger partial charge in [-0.3, -0.25) is 14.4 Å².